The van der Waals surface area contributed by atoms with Crippen molar-refractivity contribution in [2.24, 2.45) is 0 Å². The number of rotatable bonds is 11. The minimum Gasteiger partial charge on any atom is -0.488 e. The van der Waals surface area contributed by atoms with Crippen LogP contribution in [0.5, 0.6) is 17.2 Å². The SMILES string of the molecule is CC(C)(C)Oc1ccc(C[C@H](NC(=O)C2=CC=CN3CC=CC(NC(=O)Nc4ccc(Oc5ccccc5)cc4)=CN23)C(=O)C=[N+]=[N-])cc1. The quantitative estimate of drug-likeness (QED) is 0.136. The van der Waals surface area contributed by atoms with E-state index in [1.165, 1.54) is 0 Å². The molecule has 3 amide bonds. The van der Waals surface area contributed by atoms with Crippen LogP contribution in [0.2, 0.25) is 0 Å². The molecule has 3 aromatic carbocycles. The third-order valence-corrected chi connectivity index (χ3v) is 7.09. The molecule has 0 aliphatic carbocycles. The molecular formula is C37H37N7O5. The van der Waals surface area contributed by atoms with Crippen LogP contribution in [0.3, 0.4) is 0 Å². The summed E-state index contributed by atoms with van der Waals surface area (Å²) in [6.45, 7) is 6.24. The number of nitrogens with one attached hydrogen (secondary N) is 3. The Kier molecular flexibility index (Phi) is 10.7. The Balaban J connectivity index is 1.25. The largest absolute Gasteiger partial charge is 0.488 e. The minimum atomic E-state index is -1.03. The summed E-state index contributed by atoms with van der Waals surface area (Å²) in [4.78, 5) is 42.4. The van der Waals surface area contributed by atoms with Crippen LogP contribution >= 0.6 is 0 Å². The molecule has 5 rings (SSSR count). The van der Waals surface area contributed by atoms with Crippen molar-refractivity contribution < 1.29 is 28.6 Å². The molecule has 0 saturated heterocycles. The standard InChI is InChI=1S/C37H37N7O5/c1-37(2,3)49-31-17-13-26(14-18-31)23-32(34(45)24-39-38)42-35(46)33-12-8-22-43-21-7-9-28(25-44(33)43)41-36(47)40-27-15-19-30(20-16-27)48-29-10-5-4-6-11-29/h4-20,22,24-25,32H,21,23H2,1-3H3,(H,42,46)(H2,40,41,47)/t32-/m0/s1. The van der Waals surface area contributed by atoms with Gasteiger partial charge in [0.15, 0.2) is 0 Å². The maximum Gasteiger partial charge on any atom is 0.325 e. The zero-order valence-corrected chi connectivity index (χ0v) is 27.4. The Morgan fingerprint density at radius 2 is 1.63 bits per heavy atom. The van der Waals surface area contributed by atoms with Gasteiger partial charge in [0.1, 0.15) is 34.6 Å². The molecule has 3 aromatic rings. The van der Waals surface area contributed by atoms with Crippen LogP contribution in [-0.2, 0) is 16.0 Å². The third-order valence-electron chi connectivity index (χ3n) is 7.09. The van der Waals surface area contributed by atoms with Crippen LogP contribution in [0.4, 0.5) is 10.5 Å². The molecule has 0 radical (unpaired) electrons. The highest BCUT2D eigenvalue weighted by Crippen LogP contribution is 2.24. The second-order valence-electron chi connectivity index (χ2n) is 12.1. The maximum atomic E-state index is 13.7. The molecule has 12 nitrogen and oxygen atoms in total. The Bertz CT molecular complexity index is 1840. The molecule has 0 saturated carbocycles. The molecule has 0 bridgehead atoms. The number of benzene rings is 3. The molecule has 49 heavy (non-hydrogen) atoms. The van der Waals surface area contributed by atoms with Gasteiger partial charge in [-0.15, -0.1) is 0 Å². The van der Waals surface area contributed by atoms with Crippen LogP contribution in [0.1, 0.15) is 26.3 Å². The van der Waals surface area contributed by atoms with E-state index in [2.05, 4.69) is 20.7 Å². The van der Waals surface area contributed by atoms with Gasteiger partial charge >= 0.3 is 12.2 Å². The smallest absolute Gasteiger partial charge is 0.325 e. The lowest BCUT2D eigenvalue weighted by atomic mass is 10.0. The molecule has 12 heteroatoms. The summed E-state index contributed by atoms with van der Waals surface area (Å²) in [5.74, 6) is 0.867. The van der Waals surface area contributed by atoms with Crippen molar-refractivity contribution in [2.45, 2.75) is 38.8 Å². The number of para-hydroxylation sites is 1. The fourth-order valence-electron chi connectivity index (χ4n) is 4.94. The molecule has 2 aliphatic heterocycles. The number of hydrogen-bond donors (Lipinski definition) is 3. The predicted molar refractivity (Wildman–Crippen MR) is 185 cm³/mol. The third kappa shape index (κ3) is 9.80. The lowest BCUT2D eigenvalue weighted by Crippen LogP contribution is -2.48. The van der Waals surface area contributed by atoms with E-state index in [1.807, 2.05) is 69.3 Å². The van der Waals surface area contributed by atoms with E-state index in [9.17, 15) is 14.4 Å². The number of urea groups is 1. The molecule has 0 fully saturated rings. The highest BCUT2D eigenvalue weighted by molar-refractivity contribution is 6.28. The van der Waals surface area contributed by atoms with Crippen molar-refractivity contribution in [1.82, 2.24) is 20.7 Å². The molecule has 0 unspecified atom stereocenters. The average Bonchev–Trinajstić information content (AvgIpc) is 3.27. The molecule has 2 heterocycles. The minimum absolute atomic E-state index is 0.142. The fourth-order valence-corrected chi connectivity index (χ4v) is 4.94. The van der Waals surface area contributed by atoms with E-state index in [0.717, 1.165) is 11.8 Å². The first-order chi connectivity index (χ1) is 23.6. The molecule has 2 aliphatic rings. The number of allylic oxidation sites excluding steroid dienone is 3. The maximum absolute atomic E-state index is 13.7. The van der Waals surface area contributed by atoms with E-state index in [4.69, 9.17) is 15.0 Å². The number of anilines is 1. The highest BCUT2D eigenvalue weighted by Gasteiger charge is 2.29. The van der Waals surface area contributed by atoms with Gasteiger partial charge in [0.25, 0.3) is 11.7 Å². The normalized spacial score (nSPS) is 14.2. The van der Waals surface area contributed by atoms with Gasteiger partial charge in [0.05, 0.1) is 18.4 Å². The summed E-state index contributed by atoms with van der Waals surface area (Å²) in [5.41, 5.74) is 10.6. The summed E-state index contributed by atoms with van der Waals surface area (Å²) in [6.07, 6.45) is 11.2. The molecule has 0 aromatic heterocycles. The second kappa shape index (κ2) is 15.5. The first kappa shape index (κ1) is 34.0. The lowest BCUT2D eigenvalue weighted by molar-refractivity contribution is -0.125. The Morgan fingerprint density at radius 1 is 0.939 bits per heavy atom. The van der Waals surface area contributed by atoms with Gasteiger partial charge in [0, 0.05) is 18.3 Å². The Morgan fingerprint density at radius 3 is 2.33 bits per heavy atom. The van der Waals surface area contributed by atoms with Gasteiger partial charge in [-0.05, 0) is 93.1 Å². The predicted octanol–water partition coefficient (Wildman–Crippen LogP) is 5.72. The summed E-state index contributed by atoms with van der Waals surface area (Å²) >= 11 is 0. The second-order valence-corrected chi connectivity index (χ2v) is 12.1. The van der Waals surface area contributed by atoms with E-state index in [-0.39, 0.29) is 17.7 Å². The summed E-state index contributed by atoms with van der Waals surface area (Å²) in [6, 6.07) is 22.0. The van der Waals surface area contributed by atoms with Crippen LogP contribution in [0.15, 0.2) is 127 Å². The Hall–Kier alpha value is -6.39. The monoisotopic (exact) mass is 659 g/mol. The molecule has 3 N–H and O–H groups in total. The number of carbonyl (C=O) groups is 3. The average molecular weight is 660 g/mol. The van der Waals surface area contributed by atoms with Crippen molar-refractivity contribution in [3.63, 3.8) is 0 Å². The summed E-state index contributed by atoms with van der Waals surface area (Å²) in [5, 5.41) is 11.7. The van der Waals surface area contributed by atoms with Crippen molar-refractivity contribution in [3.8, 4) is 17.2 Å². The summed E-state index contributed by atoms with van der Waals surface area (Å²) in [7, 11) is 0. The van der Waals surface area contributed by atoms with E-state index >= 15 is 0 Å². The first-order valence-corrected chi connectivity index (χ1v) is 15.6. The van der Waals surface area contributed by atoms with Crippen molar-refractivity contribution in [2.75, 3.05) is 11.9 Å². The topological polar surface area (TPSA) is 149 Å². The van der Waals surface area contributed by atoms with Gasteiger partial charge in [-0.1, -0.05) is 36.4 Å². The van der Waals surface area contributed by atoms with Gasteiger partial charge in [-0.2, -0.15) is 4.79 Å². The van der Waals surface area contributed by atoms with Crippen LogP contribution in [0, 0.1) is 0 Å². The zero-order chi connectivity index (χ0) is 34.8. The Labute approximate surface area is 284 Å². The number of hydrazine groups is 1. The number of amides is 3. The fraction of sp³-hybridized carbons (Fsp3) is 0.189. The van der Waals surface area contributed by atoms with Crippen molar-refractivity contribution in [3.05, 3.63) is 138 Å². The lowest BCUT2D eigenvalue weighted by Gasteiger charge is -2.35. The number of hydrogen-bond acceptors (Lipinski definition) is 7. The van der Waals surface area contributed by atoms with Gasteiger partial charge in [-0.25, -0.2) is 4.79 Å². The van der Waals surface area contributed by atoms with E-state index in [0.29, 0.717) is 35.2 Å². The van der Waals surface area contributed by atoms with Crippen LogP contribution in [-0.4, -0.2) is 56.9 Å². The van der Waals surface area contributed by atoms with Gasteiger partial charge in [-0.3, -0.25) is 19.6 Å². The van der Waals surface area contributed by atoms with E-state index < -0.39 is 23.8 Å². The molecule has 250 valence electrons. The molecule has 0 spiro atoms. The van der Waals surface area contributed by atoms with Crippen molar-refractivity contribution >= 4 is 29.6 Å². The number of carbonyl (C=O) groups excluding carboxylic acids is 3. The first-order valence-electron chi connectivity index (χ1n) is 15.6. The number of ketones is 1. The van der Waals surface area contributed by atoms with E-state index in [1.54, 1.807) is 77.0 Å². The number of ether oxygens (including phenoxy) is 2. The summed E-state index contributed by atoms with van der Waals surface area (Å²) < 4.78 is 11.7. The number of fused-ring (bicyclic) bond motifs is 1. The molecule has 1 atom stereocenters. The number of Topliss-reactive ketones (excluding diaryl/α,β-unsaturated/α-hetero) is 1. The number of nitrogens with zero attached hydrogens (tertiary/aromatic N) is 4. The van der Waals surface area contributed by atoms with Crippen LogP contribution < -0.4 is 25.4 Å². The zero-order valence-electron chi connectivity index (χ0n) is 27.4. The van der Waals surface area contributed by atoms with Gasteiger partial charge < -0.3 is 31.0 Å². The van der Waals surface area contributed by atoms with Crippen LogP contribution in [0.25, 0.3) is 5.53 Å². The van der Waals surface area contributed by atoms with Gasteiger partial charge in [0.2, 0.25) is 0 Å². The van der Waals surface area contributed by atoms with Crippen molar-refractivity contribution in [1.29, 1.82) is 0 Å². The highest BCUT2D eigenvalue weighted by atomic mass is 16.5. The molecular weight excluding hydrogens is 622 g/mol.